The summed E-state index contributed by atoms with van der Waals surface area (Å²) in [6.45, 7) is -0.802. The third kappa shape index (κ3) is 10.8. The van der Waals surface area contributed by atoms with E-state index in [1.807, 2.05) is 0 Å². The quantitative estimate of drug-likeness (QED) is 0.115. The lowest BCUT2D eigenvalue weighted by Gasteiger charge is -2.15. The zero-order valence-electron chi connectivity index (χ0n) is 20.4. The van der Waals surface area contributed by atoms with Crippen LogP contribution in [0.5, 0.6) is 0 Å². The fraction of sp³-hybridized carbons (Fsp3) is 0.280. The number of rotatable bonds is 11. The molecule has 0 heterocycles. The molecule has 10 nitrogen and oxygen atoms in total. The molecule has 2 unspecified atom stereocenters. The maximum Gasteiger partial charge on any atom is 0.235 e. The summed E-state index contributed by atoms with van der Waals surface area (Å²) < 4.78 is 0. The maximum absolute atomic E-state index is 12.4. The van der Waals surface area contributed by atoms with E-state index >= 15 is 0 Å². The van der Waals surface area contributed by atoms with Crippen molar-refractivity contribution >= 4 is 67.5 Å². The van der Waals surface area contributed by atoms with Crippen molar-refractivity contribution in [1.82, 2.24) is 10.6 Å². The van der Waals surface area contributed by atoms with Crippen molar-refractivity contribution in [3.8, 4) is 0 Å². The molecular weight excluding hydrogens is 545 g/mol. The SMILES string of the molecule is N=C(CCSCC(=N)SC(=N)NC(=O)C(CO)c1ccccc1)SC(=N)NC(=O)C(CO)c1ccccc1. The van der Waals surface area contributed by atoms with Gasteiger partial charge in [-0.3, -0.25) is 31.2 Å². The number of aliphatic hydroxyl groups excluding tert-OH is 2. The zero-order chi connectivity index (χ0) is 27.9. The molecule has 2 rings (SSSR count). The average Bonchev–Trinajstić information content (AvgIpc) is 2.88. The molecule has 38 heavy (non-hydrogen) atoms. The van der Waals surface area contributed by atoms with Crippen molar-refractivity contribution in [2.75, 3.05) is 24.7 Å². The first-order valence-corrected chi connectivity index (χ1v) is 14.2. The summed E-state index contributed by atoms with van der Waals surface area (Å²) in [7, 11) is 0. The van der Waals surface area contributed by atoms with E-state index in [9.17, 15) is 19.8 Å². The van der Waals surface area contributed by atoms with Gasteiger partial charge in [0, 0.05) is 12.2 Å². The normalized spacial score (nSPS) is 12.2. The first kappa shape index (κ1) is 31.2. The van der Waals surface area contributed by atoms with Crippen LogP contribution in [0.25, 0.3) is 0 Å². The van der Waals surface area contributed by atoms with Gasteiger partial charge in [0.25, 0.3) is 0 Å². The molecule has 0 spiro atoms. The van der Waals surface area contributed by atoms with E-state index in [0.29, 0.717) is 23.3 Å². The number of benzene rings is 2. The van der Waals surface area contributed by atoms with Crippen molar-refractivity contribution in [2.45, 2.75) is 18.3 Å². The van der Waals surface area contributed by atoms with E-state index in [2.05, 4.69) is 10.6 Å². The van der Waals surface area contributed by atoms with Gasteiger partial charge < -0.3 is 20.8 Å². The molecule has 2 amide bonds. The van der Waals surface area contributed by atoms with Crippen molar-refractivity contribution in [3.63, 3.8) is 0 Å². The molecular formula is C25H30N6O4S3. The largest absolute Gasteiger partial charge is 0.395 e. The highest BCUT2D eigenvalue weighted by Gasteiger charge is 2.22. The number of hydrogen-bond acceptors (Lipinski definition) is 11. The molecule has 2 aromatic carbocycles. The molecule has 0 aliphatic carbocycles. The zero-order valence-corrected chi connectivity index (χ0v) is 22.8. The molecule has 0 aliphatic rings. The standard InChI is InChI=1S/C25H30N6O4S3/c26-20(37-24(28)30-22(34)18(13-32)16-7-3-1-4-8-16)11-12-36-15-21(27)38-25(29)31-23(35)19(14-33)17-9-5-2-6-10-17/h1-10,18-19,26-27,32-33H,11-15H2,(H2,28,30,34)(H2,29,31,35). The summed E-state index contributed by atoms with van der Waals surface area (Å²) >= 11 is 2.98. The summed E-state index contributed by atoms with van der Waals surface area (Å²) in [5, 5.41) is 55.8. The molecule has 0 saturated carbocycles. The summed E-state index contributed by atoms with van der Waals surface area (Å²) in [6.07, 6.45) is 0.317. The number of thioether (sulfide) groups is 3. The number of carbonyl (C=O) groups is 2. The lowest BCUT2D eigenvalue weighted by Crippen LogP contribution is -2.34. The molecule has 2 aromatic rings. The Labute approximate surface area is 233 Å². The number of hydrogen-bond donors (Lipinski definition) is 8. The number of amides is 2. The van der Waals surface area contributed by atoms with Gasteiger partial charge in [0.2, 0.25) is 11.8 Å². The molecule has 202 valence electrons. The van der Waals surface area contributed by atoms with Gasteiger partial charge in [-0.1, -0.05) is 60.7 Å². The van der Waals surface area contributed by atoms with Gasteiger partial charge in [-0.05, 0) is 40.4 Å². The van der Waals surface area contributed by atoms with Crippen LogP contribution in [0.2, 0.25) is 0 Å². The minimum absolute atomic E-state index is 0.149. The number of amidine groups is 2. The van der Waals surface area contributed by atoms with E-state index in [4.69, 9.17) is 21.6 Å². The van der Waals surface area contributed by atoms with Gasteiger partial charge in [0.15, 0.2) is 10.3 Å². The van der Waals surface area contributed by atoms with Crippen LogP contribution in [-0.4, -0.2) is 67.2 Å². The molecule has 2 atom stereocenters. The maximum atomic E-state index is 12.4. The van der Waals surface area contributed by atoms with E-state index in [1.165, 1.54) is 11.8 Å². The summed E-state index contributed by atoms with van der Waals surface area (Å²) in [5.41, 5.74) is 1.27. The molecule has 0 bridgehead atoms. The lowest BCUT2D eigenvalue weighted by molar-refractivity contribution is -0.122. The second-order valence-corrected chi connectivity index (χ2v) is 11.1. The summed E-state index contributed by atoms with van der Waals surface area (Å²) in [6, 6.07) is 17.5. The highest BCUT2D eigenvalue weighted by molar-refractivity contribution is 8.27. The van der Waals surface area contributed by atoms with Crippen LogP contribution < -0.4 is 10.6 Å². The number of aliphatic hydroxyl groups is 2. The van der Waals surface area contributed by atoms with Gasteiger partial charge in [-0.25, -0.2) is 0 Å². The van der Waals surface area contributed by atoms with Crippen molar-refractivity contribution in [2.24, 2.45) is 0 Å². The van der Waals surface area contributed by atoms with Crippen LogP contribution >= 0.6 is 35.3 Å². The Bertz CT molecular complexity index is 1040. The predicted molar refractivity (Wildman–Crippen MR) is 157 cm³/mol. The van der Waals surface area contributed by atoms with Gasteiger partial charge in [-0.15, -0.1) is 0 Å². The minimum atomic E-state index is -0.805. The predicted octanol–water partition coefficient (Wildman–Crippen LogP) is 3.18. The highest BCUT2D eigenvalue weighted by Crippen LogP contribution is 2.18. The van der Waals surface area contributed by atoms with Crippen molar-refractivity contribution < 1.29 is 19.8 Å². The summed E-state index contributed by atoms with van der Waals surface area (Å²) in [5.74, 6) is -1.90. The summed E-state index contributed by atoms with van der Waals surface area (Å²) in [4.78, 5) is 24.8. The Morgan fingerprint density at radius 2 is 1.13 bits per heavy atom. The van der Waals surface area contributed by atoms with E-state index in [1.54, 1.807) is 60.7 Å². The Hall–Kier alpha value is -2.97. The second kappa shape index (κ2) is 16.8. The highest BCUT2D eigenvalue weighted by atomic mass is 32.2. The second-order valence-electron chi connectivity index (χ2n) is 7.78. The lowest BCUT2D eigenvalue weighted by atomic mass is 9.99. The smallest absolute Gasteiger partial charge is 0.235 e. The Morgan fingerprint density at radius 1 is 0.711 bits per heavy atom. The topological polar surface area (TPSA) is 194 Å². The third-order valence-corrected chi connectivity index (χ3v) is 7.65. The van der Waals surface area contributed by atoms with Gasteiger partial charge in [0.1, 0.15) is 0 Å². The fourth-order valence-electron chi connectivity index (χ4n) is 3.16. The average molecular weight is 575 g/mol. The van der Waals surface area contributed by atoms with E-state index in [0.717, 1.165) is 23.5 Å². The van der Waals surface area contributed by atoms with Gasteiger partial charge in [-0.2, -0.15) is 11.8 Å². The van der Waals surface area contributed by atoms with Gasteiger partial charge in [0.05, 0.1) is 35.1 Å². The van der Waals surface area contributed by atoms with E-state index in [-0.39, 0.29) is 26.2 Å². The first-order valence-electron chi connectivity index (χ1n) is 11.4. The Balaban J connectivity index is 1.66. The van der Waals surface area contributed by atoms with Gasteiger partial charge >= 0.3 is 0 Å². The number of nitrogens with one attached hydrogen (secondary N) is 6. The van der Waals surface area contributed by atoms with Crippen LogP contribution in [0.15, 0.2) is 60.7 Å². The molecule has 13 heteroatoms. The van der Waals surface area contributed by atoms with Crippen LogP contribution in [0, 0.1) is 21.6 Å². The molecule has 0 saturated heterocycles. The Morgan fingerprint density at radius 3 is 1.55 bits per heavy atom. The van der Waals surface area contributed by atoms with Crippen molar-refractivity contribution in [3.05, 3.63) is 71.8 Å². The Kier molecular flexibility index (Phi) is 13.8. The van der Waals surface area contributed by atoms with Crippen LogP contribution in [0.4, 0.5) is 0 Å². The third-order valence-electron chi connectivity index (χ3n) is 5.03. The molecule has 0 aromatic heterocycles. The molecule has 0 aliphatic heterocycles. The van der Waals surface area contributed by atoms with Crippen molar-refractivity contribution in [1.29, 1.82) is 21.6 Å². The molecule has 0 radical (unpaired) electrons. The number of carbonyl (C=O) groups excluding carboxylic acids is 2. The monoisotopic (exact) mass is 574 g/mol. The van der Waals surface area contributed by atoms with Crippen LogP contribution in [0.1, 0.15) is 29.4 Å². The molecule has 8 N–H and O–H groups in total. The van der Waals surface area contributed by atoms with Crippen LogP contribution in [-0.2, 0) is 9.59 Å². The van der Waals surface area contributed by atoms with E-state index < -0.39 is 36.9 Å². The van der Waals surface area contributed by atoms with Crippen LogP contribution in [0.3, 0.4) is 0 Å². The first-order chi connectivity index (χ1) is 18.2. The fourth-order valence-corrected chi connectivity index (χ4v) is 5.45. The minimum Gasteiger partial charge on any atom is -0.395 e. The molecule has 0 fully saturated rings.